The third kappa shape index (κ3) is 6.83. The summed E-state index contributed by atoms with van der Waals surface area (Å²) in [6.07, 6.45) is 5.83. The van der Waals surface area contributed by atoms with Gasteiger partial charge in [-0.3, -0.25) is 9.59 Å². The fourth-order valence-electron chi connectivity index (χ4n) is 3.22. The van der Waals surface area contributed by atoms with Gasteiger partial charge < -0.3 is 10.4 Å². The van der Waals surface area contributed by atoms with Crippen LogP contribution in [0.3, 0.4) is 0 Å². The lowest BCUT2D eigenvalue weighted by atomic mass is 9.95. The Bertz CT molecular complexity index is 646. The molecule has 26 heavy (non-hydrogen) atoms. The van der Waals surface area contributed by atoms with E-state index >= 15 is 0 Å². The molecule has 1 aromatic rings. The standard InChI is InChI=1S/C20H27NO4S/c1-14(22)26-13-17-12-16-9-6-8-15(11-16)7-4-2-3-5-10-18(20(24)25)21-19(17)23/h6,8-9,11,17-18H,2-5,7,10,12-13H2,1H3,(H,21,23)(H,24,25)/t17?,18-/m0/s1. The van der Waals surface area contributed by atoms with Crippen LogP contribution in [-0.4, -0.2) is 33.9 Å². The van der Waals surface area contributed by atoms with Crippen LogP contribution in [0.5, 0.6) is 0 Å². The second-order valence-corrected chi connectivity index (χ2v) is 8.07. The molecule has 0 fully saturated rings. The molecule has 1 aromatic carbocycles. The number of carbonyl (C=O) groups is 3. The zero-order valence-corrected chi connectivity index (χ0v) is 16.0. The van der Waals surface area contributed by atoms with Gasteiger partial charge in [0.1, 0.15) is 6.04 Å². The maximum Gasteiger partial charge on any atom is 0.326 e. The maximum atomic E-state index is 12.7. The molecular weight excluding hydrogens is 350 g/mol. The molecule has 0 aliphatic carbocycles. The molecule has 0 saturated carbocycles. The minimum absolute atomic E-state index is 0.0410. The van der Waals surface area contributed by atoms with E-state index in [2.05, 4.69) is 17.4 Å². The van der Waals surface area contributed by atoms with E-state index in [9.17, 15) is 19.5 Å². The minimum Gasteiger partial charge on any atom is -0.480 e. The van der Waals surface area contributed by atoms with Gasteiger partial charge in [0.05, 0.1) is 5.92 Å². The number of rotatable bonds is 3. The molecule has 1 unspecified atom stereocenters. The summed E-state index contributed by atoms with van der Waals surface area (Å²) in [7, 11) is 0. The lowest BCUT2D eigenvalue weighted by Gasteiger charge is -2.21. The number of thioether (sulfide) groups is 1. The van der Waals surface area contributed by atoms with Gasteiger partial charge in [-0.25, -0.2) is 4.79 Å². The summed E-state index contributed by atoms with van der Waals surface area (Å²) in [4.78, 5) is 35.5. The van der Waals surface area contributed by atoms with Crippen LogP contribution in [0.4, 0.5) is 0 Å². The van der Waals surface area contributed by atoms with E-state index in [1.165, 1.54) is 12.5 Å². The highest BCUT2D eigenvalue weighted by molar-refractivity contribution is 8.13. The average molecular weight is 378 g/mol. The van der Waals surface area contributed by atoms with Crippen molar-refractivity contribution in [3.05, 3.63) is 35.4 Å². The predicted molar refractivity (Wildman–Crippen MR) is 103 cm³/mol. The van der Waals surface area contributed by atoms with E-state index in [1.54, 1.807) is 0 Å². The van der Waals surface area contributed by atoms with Crippen molar-refractivity contribution in [2.24, 2.45) is 5.92 Å². The molecule has 6 heteroatoms. The first-order valence-electron chi connectivity index (χ1n) is 9.20. The summed E-state index contributed by atoms with van der Waals surface area (Å²) >= 11 is 1.11. The summed E-state index contributed by atoms with van der Waals surface area (Å²) in [5, 5.41) is 12.1. The quantitative estimate of drug-likeness (QED) is 0.845. The topological polar surface area (TPSA) is 83.5 Å². The van der Waals surface area contributed by atoms with Gasteiger partial charge in [0, 0.05) is 12.7 Å². The Labute approximate surface area is 158 Å². The summed E-state index contributed by atoms with van der Waals surface area (Å²) < 4.78 is 0. The number of hydrogen-bond acceptors (Lipinski definition) is 4. The van der Waals surface area contributed by atoms with E-state index in [1.807, 2.05) is 12.1 Å². The molecule has 5 nitrogen and oxygen atoms in total. The van der Waals surface area contributed by atoms with Crippen molar-refractivity contribution >= 4 is 28.8 Å². The SMILES string of the molecule is CC(=O)SCC1Cc2cccc(c2)CCCCCC[C@@H](C(=O)O)NC1=O. The molecule has 0 aromatic heterocycles. The molecule has 2 atom stereocenters. The van der Waals surface area contributed by atoms with Crippen molar-refractivity contribution in [2.75, 3.05) is 5.75 Å². The van der Waals surface area contributed by atoms with Crippen molar-refractivity contribution in [3.8, 4) is 0 Å². The van der Waals surface area contributed by atoms with Gasteiger partial charge in [0.25, 0.3) is 0 Å². The number of hydrogen-bond donors (Lipinski definition) is 2. The Kier molecular flexibility index (Phi) is 8.16. The summed E-state index contributed by atoms with van der Waals surface area (Å²) in [6, 6.07) is 7.36. The Morgan fingerprint density at radius 1 is 1.19 bits per heavy atom. The predicted octanol–water partition coefficient (Wildman–Crippen LogP) is 3.20. The summed E-state index contributed by atoms with van der Waals surface area (Å²) in [5.74, 6) is -1.35. The number of nitrogens with one attached hydrogen (secondary N) is 1. The van der Waals surface area contributed by atoms with E-state index in [-0.39, 0.29) is 11.0 Å². The normalized spacial score (nSPS) is 22.1. The van der Waals surface area contributed by atoms with Gasteiger partial charge in [-0.05, 0) is 36.8 Å². The van der Waals surface area contributed by atoms with Crippen molar-refractivity contribution < 1.29 is 19.5 Å². The van der Waals surface area contributed by atoms with Gasteiger partial charge in [-0.2, -0.15) is 0 Å². The number of amides is 1. The number of fused-ring (bicyclic) bond motifs is 2. The highest BCUT2D eigenvalue weighted by Crippen LogP contribution is 2.19. The Hall–Kier alpha value is -1.82. The fraction of sp³-hybridized carbons (Fsp3) is 0.550. The number of carbonyl (C=O) groups excluding carboxylic acids is 2. The highest BCUT2D eigenvalue weighted by atomic mass is 32.2. The Morgan fingerprint density at radius 3 is 2.65 bits per heavy atom. The van der Waals surface area contributed by atoms with Gasteiger partial charge in [0.15, 0.2) is 5.12 Å². The first kappa shape index (κ1) is 20.5. The third-order valence-electron chi connectivity index (χ3n) is 4.65. The van der Waals surface area contributed by atoms with Crippen LogP contribution >= 0.6 is 11.8 Å². The third-order valence-corrected chi connectivity index (χ3v) is 5.63. The molecule has 1 amide bonds. The van der Waals surface area contributed by atoms with Crippen molar-refractivity contribution in [2.45, 2.75) is 57.9 Å². The van der Waals surface area contributed by atoms with Crippen LogP contribution in [-0.2, 0) is 27.2 Å². The van der Waals surface area contributed by atoms with Crippen LogP contribution in [0.1, 0.15) is 50.2 Å². The van der Waals surface area contributed by atoms with Crippen LogP contribution in [0.25, 0.3) is 0 Å². The smallest absolute Gasteiger partial charge is 0.326 e. The molecule has 0 spiro atoms. The summed E-state index contributed by atoms with van der Waals surface area (Å²) in [6.45, 7) is 1.48. The molecule has 0 saturated heterocycles. The first-order chi connectivity index (χ1) is 12.5. The average Bonchev–Trinajstić information content (AvgIpc) is 2.59. The Balaban J connectivity index is 2.21. The van der Waals surface area contributed by atoms with E-state index in [0.717, 1.165) is 49.4 Å². The molecule has 0 radical (unpaired) electrons. The van der Waals surface area contributed by atoms with E-state index in [4.69, 9.17) is 0 Å². The van der Waals surface area contributed by atoms with Gasteiger partial charge in [0.2, 0.25) is 5.91 Å². The van der Waals surface area contributed by atoms with Gasteiger partial charge in [-0.1, -0.05) is 55.3 Å². The molecule has 2 N–H and O–H groups in total. The summed E-state index contributed by atoms with van der Waals surface area (Å²) in [5.41, 5.74) is 2.32. The van der Waals surface area contributed by atoms with E-state index in [0.29, 0.717) is 18.6 Å². The lowest BCUT2D eigenvalue weighted by molar-refractivity contribution is -0.142. The molecule has 1 aliphatic rings. The van der Waals surface area contributed by atoms with Crippen LogP contribution in [0.2, 0.25) is 0 Å². The monoisotopic (exact) mass is 377 g/mol. The Morgan fingerprint density at radius 2 is 1.92 bits per heavy atom. The zero-order chi connectivity index (χ0) is 18.9. The van der Waals surface area contributed by atoms with E-state index < -0.39 is 17.9 Å². The molecule has 1 aliphatic heterocycles. The molecular formula is C20H27NO4S. The van der Waals surface area contributed by atoms with Crippen molar-refractivity contribution in [3.63, 3.8) is 0 Å². The van der Waals surface area contributed by atoms with Gasteiger partial charge in [-0.15, -0.1) is 0 Å². The molecule has 2 bridgehead atoms. The van der Waals surface area contributed by atoms with Crippen LogP contribution < -0.4 is 5.32 Å². The number of benzene rings is 1. The number of aryl methyl sites for hydroxylation is 1. The van der Waals surface area contributed by atoms with Crippen LogP contribution in [0.15, 0.2) is 24.3 Å². The lowest BCUT2D eigenvalue weighted by Crippen LogP contribution is -2.44. The van der Waals surface area contributed by atoms with Crippen LogP contribution in [0, 0.1) is 5.92 Å². The highest BCUT2D eigenvalue weighted by Gasteiger charge is 2.26. The molecule has 1 heterocycles. The van der Waals surface area contributed by atoms with Crippen molar-refractivity contribution in [1.29, 1.82) is 0 Å². The van der Waals surface area contributed by atoms with Crippen molar-refractivity contribution in [1.82, 2.24) is 5.32 Å². The largest absolute Gasteiger partial charge is 0.480 e. The second-order valence-electron chi connectivity index (χ2n) is 6.88. The first-order valence-corrected chi connectivity index (χ1v) is 10.2. The number of aliphatic carboxylic acids is 1. The molecule has 2 rings (SSSR count). The number of carboxylic acids is 1. The second kappa shape index (κ2) is 10.4. The minimum atomic E-state index is -0.995. The zero-order valence-electron chi connectivity index (χ0n) is 15.2. The number of carboxylic acid groups (broad SMARTS) is 1. The maximum absolute atomic E-state index is 12.7. The fourth-order valence-corrected chi connectivity index (χ4v) is 3.93. The molecule has 142 valence electrons. The van der Waals surface area contributed by atoms with Gasteiger partial charge >= 0.3 is 5.97 Å².